The van der Waals surface area contributed by atoms with Gasteiger partial charge in [-0.15, -0.1) is 0 Å². The minimum atomic E-state index is -2.36. The smallest absolute Gasteiger partial charge is 0.288 e. The Labute approximate surface area is 85.9 Å². The Hall–Kier alpha value is -0.810. The summed E-state index contributed by atoms with van der Waals surface area (Å²) < 4.78 is 23.9. The average Bonchev–Trinajstić information content (AvgIpc) is 2.16. The van der Waals surface area contributed by atoms with Crippen LogP contribution in [0.1, 0.15) is 0 Å². The van der Waals surface area contributed by atoms with Gasteiger partial charge in [0.15, 0.2) is 0 Å². The van der Waals surface area contributed by atoms with Crippen molar-refractivity contribution in [2.45, 2.75) is 10.7 Å². The molecule has 0 atom stereocenters. The Morgan fingerprint density at radius 2 is 1.93 bits per heavy atom. The van der Waals surface area contributed by atoms with Crippen LogP contribution in [0.15, 0.2) is 29.2 Å². The van der Waals surface area contributed by atoms with Crippen molar-refractivity contribution in [3.8, 4) is 0 Å². The lowest BCUT2D eigenvalue weighted by Gasteiger charge is -2.05. The van der Waals surface area contributed by atoms with Crippen LogP contribution in [0.25, 0.3) is 0 Å². The van der Waals surface area contributed by atoms with Crippen LogP contribution in [0.4, 0.5) is 14.5 Å². The molecule has 1 aromatic carbocycles. The lowest BCUT2D eigenvalue weighted by Crippen LogP contribution is -2.12. The molecule has 0 bridgehead atoms. The second kappa shape index (κ2) is 5.82. The third-order valence-corrected chi connectivity index (χ3v) is 2.28. The molecular formula is C9H12F2N2S. The van der Waals surface area contributed by atoms with E-state index >= 15 is 0 Å². The van der Waals surface area contributed by atoms with E-state index in [1.54, 1.807) is 24.3 Å². The molecule has 0 radical (unpaired) electrons. The molecule has 5 heteroatoms. The van der Waals surface area contributed by atoms with E-state index in [1.807, 2.05) is 0 Å². The van der Waals surface area contributed by atoms with Crippen molar-refractivity contribution in [1.82, 2.24) is 0 Å². The molecule has 1 aromatic rings. The fourth-order valence-electron chi connectivity index (χ4n) is 0.971. The second-order valence-corrected chi connectivity index (χ2v) is 3.68. The molecule has 1 rings (SSSR count). The number of nitrogens with two attached hydrogens (primary N) is 1. The highest BCUT2D eigenvalue weighted by Gasteiger charge is 2.04. The first kappa shape index (κ1) is 11.3. The summed E-state index contributed by atoms with van der Waals surface area (Å²) in [7, 11) is 0. The minimum absolute atomic E-state index is 0.545. The minimum Gasteiger partial charge on any atom is -0.384 e. The molecule has 0 aliphatic carbocycles. The van der Waals surface area contributed by atoms with Crippen LogP contribution < -0.4 is 11.1 Å². The Bertz CT molecular complexity index is 264. The van der Waals surface area contributed by atoms with E-state index in [4.69, 9.17) is 5.73 Å². The van der Waals surface area contributed by atoms with Gasteiger partial charge in [-0.3, -0.25) is 0 Å². The number of benzene rings is 1. The van der Waals surface area contributed by atoms with Crippen molar-refractivity contribution in [1.29, 1.82) is 0 Å². The van der Waals surface area contributed by atoms with Crippen molar-refractivity contribution in [3.63, 3.8) is 0 Å². The SMILES string of the molecule is NCCNc1ccc(SC(F)F)cc1. The Morgan fingerprint density at radius 3 is 2.43 bits per heavy atom. The zero-order chi connectivity index (χ0) is 10.4. The highest BCUT2D eigenvalue weighted by Crippen LogP contribution is 2.25. The fourth-order valence-corrected chi connectivity index (χ4v) is 1.47. The molecule has 0 aliphatic rings. The highest BCUT2D eigenvalue weighted by molar-refractivity contribution is 7.99. The number of hydrogen-bond acceptors (Lipinski definition) is 3. The number of rotatable bonds is 5. The molecule has 0 saturated heterocycles. The zero-order valence-electron chi connectivity index (χ0n) is 7.54. The lowest BCUT2D eigenvalue weighted by atomic mass is 10.3. The monoisotopic (exact) mass is 218 g/mol. The van der Waals surface area contributed by atoms with Crippen molar-refractivity contribution >= 4 is 17.4 Å². The summed E-state index contributed by atoms with van der Waals surface area (Å²) in [6.07, 6.45) is 0. The van der Waals surface area contributed by atoms with Crippen molar-refractivity contribution in [2.24, 2.45) is 5.73 Å². The molecule has 14 heavy (non-hydrogen) atoms. The third kappa shape index (κ3) is 3.93. The number of hydrogen-bond donors (Lipinski definition) is 2. The average molecular weight is 218 g/mol. The van der Waals surface area contributed by atoms with E-state index in [1.165, 1.54) is 0 Å². The van der Waals surface area contributed by atoms with Gasteiger partial charge in [-0.2, -0.15) is 8.78 Å². The van der Waals surface area contributed by atoms with Gasteiger partial charge in [0.1, 0.15) is 0 Å². The molecule has 0 spiro atoms. The van der Waals surface area contributed by atoms with E-state index in [-0.39, 0.29) is 0 Å². The molecule has 0 heterocycles. The second-order valence-electron chi connectivity index (χ2n) is 2.62. The summed E-state index contributed by atoms with van der Waals surface area (Å²) in [6.45, 7) is 1.23. The van der Waals surface area contributed by atoms with Gasteiger partial charge in [-0.05, 0) is 24.3 Å². The first-order valence-corrected chi connectivity index (χ1v) is 5.09. The van der Waals surface area contributed by atoms with E-state index in [9.17, 15) is 8.78 Å². The van der Waals surface area contributed by atoms with Gasteiger partial charge >= 0.3 is 0 Å². The summed E-state index contributed by atoms with van der Waals surface area (Å²) in [5.74, 6) is -2.36. The van der Waals surface area contributed by atoms with Crippen LogP contribution in [0.5, 0.6) is 0 Å². The van der Waals surface area contributed by atoms with E-state index in [0.29, 0.717) is 29.7 Å². The predicted molar refractivity (Wildman–Crippen MR) is 55.8 cm³/mol. The van der Waals surface area contributed by atoms with Gasteiger partial charge in [0, 0.05) is 23.7 Å². The van der Waals surface area contributed by atoms with Gasteiger partial charge in [-0.25, -0.2) is 0 Å². The molecule has 3 N–H and O–H groups in total. The van der Waals surface area contributed by atoms with Crippen LogP contribution in [-0.2, 0) is 0 Å². The van der Waals surface area contributed by atoms with Crippen molar-refractivity contribution in [2.75, 3.05) is 18.4 Å². The molecular weight excluding hydrogens is 206 g/mol. The highest BCUT2D eigenvalue weighted by atomic mass is 32.2. The molecule has 2 nitrogen and oxygen atoms in total. The summed E-state index contributed by atoms with van der Waals surface area (Å²) in [6, 6.07) is 6.85. The molecule has 0 fully saturated rings. The lowest BCUT2D eigenvalue weighted by molar-refractivity contribution is 0.252. The first-order chi connectivity index (χ1) is 6.72. The maximum atomic E-state index is 12.0. The van der Waals surface area contributed by atoms with Crippen LogP contribution in [0, 0.1) is 0 Å². The van der Waals surface area contributed by atoms with E-state index in [0.717, 1.165) is 5.69 Å². The quantitative estimate of drug-likeness (QED) is 0.745. The van der Waals surface area contributed by atoms with Crippen molar-refractivity contribution < 1.29 is 8.78 Å². The Balaban J connectivity index is 2.50. The first-order valence-electron chi connectivity index (χ1n) is 4.21. The summed E-state index contributed by atoms with van der Waals surface area (Å²) in [4.78, 5) is 0.568. The molecule has 0 aromatic heterocycles. The third-order valence-electron chi connectivity index (χ3n) is 1.55. The van der Waals surface area contributed by atoms with Crippen LogP contribution in [-0.4, -0.2) is 18.8 Å². The fraction of sp³-hybridized carbons (Fsp3) is 0.333. The van der Waals surface area contributed by atoms with Crippen LogP contribution in [0.3, 0.4) is 0 Å². The van der Waals surface area contributed by atoms with E-state index in [2.05, 4.69) is 5.32 Å². The van der Waals surface area contributed by atoms with E-state index < -0.39 is 5.76 Å². The van der Waals surface area contributed by atoms with Crippen LogP contribution >= 0.6 is 11.8 Å². The zero-order valence-corrected chi connectivity index (χ0v) is 8.36. The molecule has 0 amide bonds. The van der Waals surface area contributed by atoms with Crippen LogP contribution in [0.2, 0.25) is 0 Å². The number of alkyl halides is 2. The van der Waals surface area contributed by atoms with Gasteiger partial charge < -0.3 is 11.1 Å². The largest absolute Gasteiger partial charge is 0.384 e. The summed E-state index contributed by atoms with van der Waals surface area (Å²) in [5, 5.41) is 3.05. The maximum Gasteiger partial charge on any atom is 0.288 e. The van der Waals surface area contributed by atoms with Gasteiger partial charge in [0.05, 0.1) is 0 Å². The molecule has 0 aliphatic heterocycles. The summed E-state index contributed by atoms with van der Waals surface area (Å²) >= 11 is 0.545. The Morgan fingerprint density at radius 1 is 1.29 bits per heavy atom. The van der Waals surface area contributed by atoms with Gasteiger partial charge in [-0.1, -0.05) is 11.8 Å². The standard InChI is InChI=1S/C9H12F2N2S/c10-9(11)14-8-3-1-7(2-4-8)13-6-5-12/h1-4,9,13H,5-6,12H2. The maximum absolute atomic E-state index is 12.0. The normalized spacial score (nSPS) is 10.6. The van der Waals surface area contributed by atoms with Crippen molar-refractivity contribution in [3.05, 3.63) is 24.3 Å². The topological polar surface area (TPSA) is 38.0 Å². The molecule has 78 valence electrons. The molecule has 0 unspecified atom stereocenters. The number of halogens is 2. The Kier molecular flexibility index (Phi) is 4.69. The molecule has 0 saturated carbocycles. The number of nitrogens with one attached hydrogen (secondary N) is 1. The summed E-state index contributed by atoms with van der Waals surface area (Å²) in [5.41, 5.74) is 6.20. The number of thioether (sulfide) groups is 1. The predicted octanol–water partition coefficient (Wildman–Crippen LogP) is 2.37. The van der Waals surface area contributed by atoms with Gasteiger partial charge in [0.2, 0.25) is 0 Å². The van der Waals surface area contributed by atoms with Gasteiger partial charge in [0.25, 0.3) is 5.76 Å². The number of anilines is 1.